The van der Waals surface area contributed by atoms with Gasteiger partial charge < -0.3 is 19.7 Å². The number of aliphatic imine (C=N–C) groups is 1. The fraction of sp³-hybridized carbons (Fsp3) is 0.217. The van der Waals surface area contributed by atoms with E-state index in [1.54, 1.807) is 7.05 Å². The van der Waals surface area contributed by atoms with Crippen molar-refractivity contribution in [1.82, 2.24) is 5.32 Å². The number of fused-ring (bicyclic) bond motifs is 1. The number of benzene rings is 2. The Bertz CT molecular complexity index is 1100. The predicted octanol–water partition coefficient (Wildman–Crippen LogP) is 2.14. The lowest BCUT2D eigenvalue weighted by atomic mass is 10.0. The highest BCUT2D eigenvalue weighted by atomic mass is 16.7. The van der Waals surface area contributed by atoms with E-state index in [1.165, 1.54) is 18.7 Å². The number of nitrogens with one attached hydrogen (secondary N) is 1. The lowest BCUT2D eigenvalue weighted by molar-refractivity contribution is -0.222. The third kappa shape index (κ3) is 3.92. The van der Waals surface area contributed by atoms with Gasteiger partial charge in [-0.05, 0) is 6.07 Å². The molecule has 4 rings (SSSR count). The van der Waals surface area contributed by atoms with Crippen molar-refractivity contribution in [2.45, 2.75) is 25.8 Å². The summed E-state index contributed by atoms with van der Waals surface area (Å²) >= 11 is 0. The highest BCUT2D eigenvalue weighted by Crippen LogP contribution is 2.27. The number of para-hydroxylation sites is 1. The van der Waals surface area contributed by atoms with Gasteiger partial charge in [0.05, 0.1) is 11.4 Å². The number of amides is 1. The molecule has 2 aromatic rings. The van der Waals surface area contributed by atoms with Crippen LogP contribution in [0.4, 0.5) is 5.69 Å². The molecule has 1 amide bonds. The fourth-order valence-electron chi connectivity index (χ4n) is 3.40. The Hall–Kier alpha value is -3.94. The number of cyclic esters (lactones) is 2. The van der Waals surface area contributed by atoms with E-state index in [4.69, 9.17) is 9.47 Å². The minimum absolute atomic E-state index is 0.340. The minimum Gasteiger partial charge on any atom is -0.419 e. The van der Waals surface area contributed by atoms with Crippen molar-refractivity contribution in [2.24, 2.45) is 4.99 Å². The Morgan fingerprint density at radius 1 is 0.968 bits per heavy atom. The summed E-state index contributed by atoms with van der Waals surface area (Å²) in [6.07, 6.45) is 0.0499. The first-order chi connectivity index (χ1) is 14.8. The summed E-state index contributed by atoms with van der Waals surface area (Å²) < 4.78 is 10.2. The van der Waals surface area contributed by atoms with Crippen LogP contribution in [0.1, 0.15) is 25.0 Å². The molecule has 8 heteroatoms. The third-order valence-electron chi connectivity index (χ3n) is 4.89. The van der Waals surface area contributed by atoms with Crippen molar-refractivity contribution in [3.8, 4) is 0 Å². The van der Waals surface area contributed by atoms with Crippen LogP contribution in [0.2, 0.25) is 0 Å². The van der Waals surface area contributed by atoms with Gasteiger partial charge in [-0.25, -0.2) is 14.6 Å². The maximum atomic E-state index is 13.1. The molecular weight excluding hydrogens is 398 g/mol. The highest BCUT2D eigenvalue weighted by Gasteiger charge is 2.39. The van der Waals surface area contributed by atoms with Crippen molar-refractivity contribution in [1.29, 1.82) is 0 Å². The molecule has 2 aromatic carbocycles. The van der Waals surface area contributed by atoms with Gasteiger partial charge >= 0.3 is 11.9 Å². The molecule has 0 aliphatic carbocycles. The van der Waals surface area contributed by atoms with E-state index in [-0.39, 0.29) is 11.5 Å². The SMILES string of the molecule is CN1C(=O)[C@@H](NC=C2C(=O)OC(C)(C)OC2=O)N=C(c2ccccc2)c2ccccc21. The second-order valence-electron chi connectivity index (χ2n) is 7.56. The van der Waals surface area contributed by atoms with E-state index in [2.05, 4.69) is 10.3 Å². The van der Waals surface area contributed by atoms with E-state index in [0.29, 0.717) is 11.4 Å². The van der Waals surface area contributed by atoms with Crippen molar-refractivity contribution >= 4 is 29.2 Å². The lowest BCUT2D eigenvalue weighted by Gasteiger charge is -2.29. The Morgan fingerprint density at radius 2 is 1.58 bits per heavy atom. The monoisotopic (exact) mass is 419 g/mol. The van der Waals surface area contributed by atoms with Crippen molar-refractivity contribution in [3.05, 3.63) is 77.5 Å². The number of hydrogen-bond donors (Lipinski definition) is 1. The molecule has 0 saturated carbocycles. The number of benzodiazepines with no additional fused rings is 1. The van der Waals surface area contributed by atoms with Gasteiger partial charge in [-0.15, -0.1) is 0 Å². The Morgan fingerprint density at radius 3 is 2.26 bits per heavy atom. The molecule has 0 aromatic heterocycles. The summed E-state index contributed by atoms with van der Waals surface area (Å²) in [6.45, 7) is 2.93. The average Bonchev–Trinajstić information content (AvgIpc) is 2.83. The second-order valence-corrected chi connectivity index (χ2v) is 7.56. The lowest BCUT2D eigenvalue weighted by Crippen LogP contribution is -2.44. The highest BCUT2D eigenvalue weighted by molar-refractivity contribution is 6.20. The number of carbonyl (C=O) groups is 3. The molecule has 158 valence electrons. The van der Waals surface area contributed by atoms with Gasteiger partial charge in [-0.1, -0.05) is 48.5 Å². The Kier molecular flexibility index (Phi) is 5.06. The molecule has 31 heavy (non-hydrogen) atoms. The number of ether oxygens (including phenoxy) is 2. The maximum absolute atomic E-state index is 13.1. The molecule has 2 heterocycles. The zero-order valence-electron chi connectivity index (χ0n) is 17.3. The van der Waals surface area contributed by atoms with Crippen LogP contribution >= 0.6 is 0 Å². The third-order valence-corrected chi connectivity index (χ3v) is 4.89. The van der Waals surface area contributed by atoms with Gasteiger partial charge in [-0.2, -0.15) is 0 Å². The molecule has 0 unspecified atom stereocenters. The topological polar surface area (TPSA) is 97.3 Å². The Balaban J connectivity index is 1.74. The van der Waals surface area contributed by atoms with Crippen LogP contribution in [0.15, 0.2) is 71.4 Å². The largest absolute Gasteiger partial charge is 0.419 e. The van der Waals surface area contributed by atoms with Gasteiger partial charge in [0, 0.05) is 38.2 Å². The predicted molar refractivity (Wildman–Crippen MR) is 113 cm³/mol. The maximum Gasteiger partial charge on any atom is 0.350 e. The van der Waals surface area contributed by atoms with Gasteiger partial charge in [0.2, 0.25) is 0 Å². The van der Waals surface area contributed by atoms with Crippen molar-refractivity contribution in [3.63, 3.8) is 0 Å². The van der Waals surface area contributed by atoms with Gasteiger partial charge in [0.25, 0.3) is 11.7 Å². The normalized spacial score (nSPS) is 20.2. The van der Waals surface area contributed by atoms with Crippen LogP contribution in [-0.4, -0.2) is 42.6 Å². The molecule has 1 saturated heterocycles. The number of likely N-dealkylation sites (N-methyl/N-ethyl adjacent to an activating group) is 1. The minimum atomic E-state index is -1.34. The molecule has 0 bridgehead atoms. The summed E-state index contributed by atoms with van der Waals surface area (Å²) in [4.78, 5) is 43.7. The molecule has 0 spiro atoms. The summed E-state index contributed by atoms with van der Waals surface area (Å²) in [5.74, 6) is -3.37. The van der Waals surface area contributed by atoms with Crippen LogP contribution in [0, 0.1) is 0 Å². The molecule has 8 nitrogen and oxygen atoms in total. The van der Waals surface area contributed by atoms with Gasteiger partial charge in [0.1, 0.15) is 0 Å². The molecular formula is C23H21N3O5. The quantitative estimate of drug-likeness (QED) is 0.465. The number of esters is 2. The summed E-state index contributed by atoms with van der Waals surface area (Å²) in [5, 5.41) is 2.79. The molecule has 1 N–H and O–H groups in total. The van der Waals surface area contributed by atoms with E-state index in [0.717, 1.165) is 17.3 Å². The van der Waals surface area contributed by atoms with Crippen LogP contribution < -0.4 is 10.2 Å². The standard InChI is InChI=1S/C23H21N3O5/c1-23(2)30-21(28)16(22(29)31-23)13-24-19-20(27)26(3)17-12-8-7-11-15(17)18(25-19)14-9-5-4-6-10-14/h4-13,19,24H,1-3H3/t19-/m0/s1. The average molecular weight is 419 g/mol. The molecule has 0 radical (unpaired) electrons. The summed E-state index contributed by atoms with van der Waals surface area (Å²) in [6, 6.07) is 16.9. The van der Waals surface area contributed by atoms with E-state index < -0.39 is 23.9 Å². The smallest absolute Gasteiger partial charge is 0.350 e. The molecule has 1 atom stereocenters. The molecule has 1 fully saturated rings. The number of nitrogens with zero attached hydrogens (tertiary/aromatic N) is 2. The molecule has 2 aliphatic rings. The van der Waals surface area contributed by atoms with Gasteiger partial charge in [0.15, 0.2) is 11.7 Å². The molecule has 2 aliphatic heterocycles. The van der Waals surface area contributed by atoms with Crippen molar-refractivity contribution < 1.29 is 23.9 Å². The zero-order chi connectivity index (χ0) is 22.2. The number of carbonyl (C=O) groups excluding carboxylic acids is 3. The summed E-state index contributed by atoms with van der Waals surface area (Å²) in [5.41, 5.74) is 2.59. The second kappa shape index (κ2) is 7.71. The number of rotatable bonds is 3. The first kappa shape index (κ1) is 20.3. The number of hydrogen-bond acceptors (Lipinski definition) is 7. The first-order valence-electron chi connectivity index (χ1n) is 9.70. The van der Waals surface area contributed by atoms with E-state index in [1.807, 2.05) is 54.6 Å². The summed E-state index contributed by atoms with van der Waals surface area (Å²) in [7, 11) is 1.65. The van der Waals surface area contributed by atoms with Crippen LogP contribution in [-0.2, 0) is 23.9 Å². The van der Waals surface area contributed by atoms with Gasteiger partial charge in [-0.3, -0.25) is 4.79 Å². The van der Waals surface area contributed by atoms with Crippen molar-refractivity contribution in [2.75, 3.05) is 11.9 Å². The number of anilines is 1. The Labute approximate surface area is 179 Å². The van der Waals surface area contributed by atoms with E-state index >= 15 is 0 Å². The van der Waals surface area contributed by atoms with E-state index in [9.17, 15) is 14.4 Å². The fourth-order valence-corrected chi connectivity index (χ4v) is 3.40. The zero-order valence-corrected chi connectivity index (χ0v) is 17.3. The van der Waals surface area contributed by atoms with Crippen LogP contribution in [0.5, 0.6) is 0 Å². The first-order valence-corrected chi connectivity index (χ1v) is 9.70. The van der Waals surface area contributed by atoms with Crippen LogP contribution in [0.25, 0.3) is 0 Å². The van der Waals surface area contributed by atoms with Crippen LogP contribution in [0.3, 0.4) is 0 Å².